The number of aryl methyl sites for hydroxylation is 2. The molecule has 2 aromatic heterocycles. The molecule has 0 amide bonds. The third-order valence-electron chi connectivity index (χ3n) is 5.21. The Morgan fingerprint density at radius 1 is 1.12 bits per heavy atom. The largest absolute Gasteiger partial charge is 0.370 e. The summed E-state index contributed by atoms with van der Waals surface area (Å²) in [6, 6.07) is 2.11. The molecule has 0 radical (unpaired) electrons. The maximum Gasteiger partial charge on any atom is 0.165 e. The Morgan fingerprint density at radius 2 is 1.92 bits per heavy atom. The summed E-state index contributed by atoms with van der Waals surface area (Å²) in [5, 5.41) is 1.08. The molecule has 0 atom stereocenters. The third kappa shape index (κ3) is 2.67. The maximum absolute atomic E-state index is 6.14. The van der Waals surface area contributed by atoms with Gasteiger partial charge in [-0.3, -0.25) is 0 Å². The minimum atomic E-state index is -0.0639. The van der Waals surface area contributed by atoms with Crippen molar-refractivity contribution in [2.24, 2.45) is 0 Å². The van der Waals surface area contributed by atoms with Crippen LogP contribution in [0.1, 0.15) is 37.4 Å². The van der Waals surface area contributed by atoms with Crippen LogP contribution in [0.25, 0.3) is 11.0 Å². The van der Waals surface area contributed by atoms with Gasteiger partial charge in [0.1, 0.15) is 12.1 Å². The first-order valence-corrected chi connectivity index (χ1v) is 8.73. The molecule has 24 heavy (non-hydrogen) atoms. The fourth-order valence-electron chi connectivity index (χ4n) is 3.99. The zero-order valence-electron chi connectivity index (χ0n) is 14.7. The smallest absolute Gasteiger partial charge is 0.165 e. The van der Waals surface area contributed by atoms with Crippen LogP contribution >= 0.6 is 0 Å². The molecular weight excluding hydrogens is 300 g/mol. The summed E-state index contributed by atoms with van der Waals surface area (Å²) in [7, 11) is 0. The second-order valence-electron chi connectivity index (χ2n) is 7.12. The van der Waals surface area contributed by atoms with E-state index in [4.69, 9.17) is 4.74 Å². The van der Waals surface area contributed by atoms with Crippen LogP contribution < -0.4 is 4.90 Å². The van der Waals surface area contributed by atoms with Crippen LogP contribution in [0.5, 0.6) is 0 Å². The SMILES string of the molecule is CC1=CC2(CCN(c3ncnc4nc(C)cc(C)c34)CC2)OCC1. The Balaban J connectivity index is 1.65. The van der Waals surface area contributed by atoms with E-state index >= 15 is 0 Å². The highest BCUT2D eigenvalue weighted by Gasteiger charge is 2.36. The number of hydrogen-bond acceptors (Lipinski definition) is 5. The summed E-state index contributed by atoms with van der Waals surface area (Å²) in [4.78, 5) is 15.9. The van der Waals surface area contributed by atoms with Crippen LogP contribution in [0.4, 0.5) is 5.82 Å². The van der Waals surface area contributed by atoms with Crippen LogP contribution in [0.15, 0.2) is 24.0 Å². The summed E-state index contributed by atoms with van der Waals surface area (Å²) in [6.07, 6.45) is 7.06. The summed E-state index contributed by atoms with van der Waals surface area (Å²) < 4.78 is 6.14. The van der Waals surface area contributed by atoms with Crippen LogP contribution in [-0.4, -0.2) is 40.2 Å². The zero-order valence-corrected chi connectivity index (χ0v) is 14.7. The Kier molecular flexibility index (Phi) is 3.76. The van der Waals surface area contributed by atoms with Gasteiger partial charge in [-0.25, -0.2) is 15.0 Å². The van der Waals surface area contributed by atoms with Gasteiger partial charge in [-0.05, 0) is 51.7 Å². The summed E-state index contributed by atoms with van der Waals surface area (Å²) >= 11 is 0. The van der Waals surface area contributed by atoms with E-state index in [9.17, 15) is 0 Å². The second kappa shape index (κ2) is 5.81. The van der Waals surface area contributed by atoms with Crippen molar-refractivity contribution in [3.63, 3.8) is 0 Å². The zero-order chi connectivity index (χ0) is 16.7. The van der Waals surface area contributed by atoms with Gasteiger partial charge < -0.3 is 9.64 Å². The maximum atomic E-state index is 6.14. The molecule has 0 bridgehead atoms. The summed E-state index contributed by atoms with van der Waals surface area (Å²) in [5.41, 5.74) is 4.38. The van der Waals surface area contributed by atoms with E-state index in [1.807, 2.05) is 6.92 Å². The second-order valence-corrected chi connectivity index (χ2v) is 7.12. The normalized spacial score (nSPS) is 20.5. The van der Waals surface area contributed by atoms with Gasteiger partial charge in [-0.1, -0.05) is 11.6 Å². The van der Waals surface area contributed by atoms with Crippen molar-refractivity contribution in [2.75, 3.05) is 24.6 Å². The van der Waals surface area contributed by atoms with E-state index in [1.165, 1.54) is 11.1 Å². The molecule has 1 fully saturated rings. The lowest BCUT2D eigenvalue weighted by atomic mass is 9.87. The van der Waals surface area contributed by atoms with E-state index < -0.39 is 0 Å². The molecule has 2 aliphatic rings. The van der Waals surface area contributed by atoms with Crippen molar-refractivity contribution < 1.29 is 4.74 Å². The van der Waals surface area contributed by atoms with E-state index in [0.29, 0.717) is 0 Å². The van der Waals surface area contributed by atoms with Gasteiger partial charge in [0.25, 0.3) is 0 Å². The number of aromatic nitrogens is 3. The number of anilines is 1. The molecule has 4 rings (SSSR count). The number of nitrogens with zero attached hydrogens (tertiary/aromatic N) is 4. The predicted molar refractivity (Wildman–Crippen MR) is 95.3 cm³/mol. The van der Waals surface area contributed by atoms with Crippen molar-refractivity contribution in [3.05, 3.63) is 35.3 Å². The summed E-state index contributed by atoms with van der Waals surface area (Å²) in [6.45, 7) is 9.08. The van der Waals surface area contributed by atoms with Crippen LogP contribution in [0.3, 0.4) is 0 Å². The van der Waals surface area contributed by atoms with Crippen LogP contribution in [0.2, 0.25) is 0 Å². The third-order valence-corrected chi connectivity index (χ3v) is 5.21. The summed E-state index contributed by atoms with van der Waals surface area (Å²) in [5.74, 6) is 1.01. The first-order valence-electron chi connectivity index (χ1n) is 8.73. The standard InChI is InChI=1S/C19H24N4O/c1-13-4-9-24-19(11-13)5-7-23(8-6-19)18-16-14(2)10-15(3)22-17(16)20-12-21-18/h10-12H,4-9H2,1-3H3. The topological polar surface area (TPSA) is 51.1 Å². The molecule has 2 aromatic rings. The molecule has 126 valence electrons. The predicted octanol–water partition coefficient (Wildman–Crippen LogP) is 3.35. The quantitative estimate of drug-likeness (QED) is 0.753. The average Bonchev–Trinajstić information content (AvgIpc) is 2.54. The Bertz CT molecular complexity index is 806. The Labute approximate surface area is 142 Å². The highest BCUT2D eigenvalue weighted by molar-refractivity contribution is 5.90. The van der Waals surface area contributed by atoms with E-state index in [0.717, 1.165) is 61.5 Å². The van der Waals surface area contributed by atoms with Crippen LogP contribution in [-0.2, 0) is 4.74 Å². The van der Waals surface area contributed by atoms with Crippen LogP contribution in [0, 0.1) is 13.8 Å². The average molecular weight is 324 g/mol. The van der Waals surface area contributed by atoms with Crippen molar-refractivity contribution >= 4 is 16.9 Å². The molecule has 0 aliphatic carbocycles. The van der Waals surface area contributed by atoms with Crippen molar-refractivity contribution in [1.29, 1.82) is 0 Å². The van der Waals surface area contributed by atoms with Gasteiger partial charge in [0.15, 0.2) is 5.65 Å². The molecule has 0 unspecified atom stereocenters. The Morgan fingerprint density at radius 3 is 2.67 bits per heavy atom. The first-order chi connectivity index (χ1) is 11.6. The molecule has 5 heteroatoms. The lowest BCUT2D eigenvalue weighted by molar-refractivity contribution is -0.0326. The molecule has 0 N–H and O–H groups in total. The van der Waals surface area contributed by atoms with Crippen molar-refractivity contribution in [1.82, 2.24) is 15.0 Å². The van der Waals surface area contributed by atoms with Gasteiger partial charge in [-0.15, -0.1) is 0 Å². The highest BCUT2D eigenvalue weighted by atomic mass is 16.5. The van der Waals surface area contributed by atoms with Gasteiger partial charge in [0.05, 0.1) is 17.6 Å². The number of pyridine rings is 1. The van der Waals surface area contributed by atoms with E-state index in [-0.39, 0.29) is 5.60 Å². The molecule has 0 saturated carbocycles. The van der Waals surface area contributed by atoms with Gasteiger partial charge in [0, 0.05) is 18.8 Å². The lowest BCUT2D eigenvalue weighted by Crippen LogP contribution is -2.46. The van der Waals surface area contributed by atoms with Crippen molar-refractivity contribution in [3.8, 4) is 0 Å². The fraction of sp³-hybridized carbons (Fsp3) is 0.526. The van der Waals surface area contributed by atoms with E-state index in [2.05, 4.69) is 45.8 Å². The number of ether oxygens (including phenoxy) is 1. The van der Waals surface area contributed by atoms with Crippen molar-refractivity contribution in [2.45, 2.75) is 45.6 Å². The Hall–Kier alpha value is -2.01. The van der Waals surface area contributed by atoms with Gasteiger partial charge in [0.2, 0.25) is 0 Å². The number of fused-ring (bicyclic) bond motifs is 1. The number of piperidine rings is 1. The molecule has 2 aliphatic heterocycles. The minimum Gasteiger partial charge on any atom is -0.370 e. The molecular formula is C19H24N4O. The van der Waals surface area contributed by atoms with Gasteiger partial charge >= 0.3 is 0 Å². The molecule has 4 heterocycles. The molecule has 0 aromatic carbocycles. The molecule has 1 spiro atoms. The monoisotopic (exact) mass is 324 g/mol. The highest BCUT2D eigenvalue weighted by Crippen LogP contribution is 2.36. The molecule has 5 nitrogen and oxygen atoms in total. The number of rotatable bonds is 1. The minimum absolute atomic E-state index is 0.0639. The number of hydrogen-bond donors (Lipinski definition) is 0. The lowest BCUT2D eigenvalue weighted by Gasteiger charge is -2.42. The van der Waals surface area contributed by atoms with Gasteiger partial charge in [-0.2, -0.15) is 0 Å². The van der Waals surface area contributed by atoms with E-state index in [1.54, 1.807) is 6.33 Å². The first kappa shape index (κ1) is 15.5. The molecule has 1 saturated heterocycles. The fourth-order valence-corrected chi connectivity index (χ4v) is 3.99.